The van der Waals surface area contributed by atoms with Gasteiger partial charge in [-0.25, -0.2) is 9.50 Å². The molecule has 3 heterocycles. The summed E-state index contributed by atoms with van der Waals surface area (Å²) in [5.41, 5.74) is -0.905. The van der Waals surface area contributed by atoms with E-state index in [9.17, 15) is 18.0 Å². The van der Waals surface area contributed by atoms with Crippen LogP contribution in [-0.4, -0.2) is 32.8 Å². The first-order valence-electron chi connectivity index (χ1n) is 8.62. The third-order valence-electron chi connectivity index (χ3n) is 4.21. The molecule has 1 aromatic carbocycles. The number of aryl methyl sites for hydroxylation is 1. The third kappa shape index (κ3) is 3.69. The monoisotopic (exact) mass is 417 g/mol. The number of ether oxygens (including phenoxy) is 1. The average Bonchev–Trinajstić information content (AvgIpc) is 3.32. The summed E-state index contributed by atoms with van der Waals surface area (Å²) in [6.07, 6.45) is -4.72. The molecule has 0 saturated heterocycles. The zero-order valence-corrected chi connectivity index (χ0v) is 15.7. The van der Waals surface area contributed by atoms with E-state index in [0.717, 1.165) is 6.07 Å². The van der Waals surface area contributed by atoms with Gasteiger partial charge in [0.15, 0.2) is 22.9 Å². The number of nitrogens with zero attached hydrogens (tertiary/aromatic N) is 4. The number of methoxy groups -OCH3 is 1. The number of amides is 1. The molecule has 0 spiro atoms. The molecule has 1 N–H and O–H groups in total. The van der Waals surface area contributed by atoms with E-state index >= 15 is 0 Å². The van der Waals surface area contributed by atoms with Gasteiger partial charge in [-0.15, -0.1) is 0 Å². The summed E-state index contributed by atoms with van der Waals surface area (Å²) in [4.78, 5) is 16.6. The van der Waals surface area contributed by atoms with Crippen molar-refractivity contribution in [2.45, 2.75) is 13.1 Å². The smallest absolute Gasteiger partial charge is 0.433 e. The Labute approximate surface area is 167 Å². The zero-order valence-electron chi connectivity index (χ0n) is 15.7. The van der Waals surface area contributed by atoms with Crippen LogP contribution in [0.1, 0.15) is 21.9 Å². The van der Waals surface area contributed by atoms with Crippen molar-refractivity contribution in [1.82, 2.24) is 19.8 Å². The summed E-state index contributed by atoms with van der Waals surface area (Å²) in [6, 6.07) is 9.93. The first kappa shape index (κ1) is 19.4. The maximum absolute atomic E-state index is 13.7. The van der Waals surface area contributed by atoms with Crippen molar-refractivity contribution in [2.75, 3.05) is 12.4 Å². The van der Waals surface area contributed by atoms with Gasteiger partial charge in [0, 0.05) is 17.7 Å². The predicted octanol–water partition coefficient (Wildman–Crippen LogP) is 3.97. The number of hydrogen-bond acceptors (Lipinski definition) is 6. The number of fused-ring (bicyclic) bond motifs is 1. The largest absolute Gasteiger partial charge is 0.497 e. The number of aromatic nitrogens is 4. The van der Waals surface area contributed by atoms with E-state index in [4.69, 9.17) is 9.26 Å². The quantitative estimate of drug-likeness (QED) is 0.540. The molecule has 0 radical (unpaired) electrons. The van der Waals surface area contributed by atoms with E-state index in [1.807, 2.05) is 0 Å². The second-order valence-electron chi connectivity index (χ2n) is 6.33. The Hall–Kier alpha value is -3.89. The molecular formula is C19H14F3N5O3. The van der Waals surface area contributed by atoms with Crippen LogP contribution in [0.2, 0.25) is 0 Å². The van der Waals surface area contributed by atoms with Gasteiger partial charge in [0.05, 0.1) is 12.8 Å². The number of hydrogen-bond donors (Lipinski definition) is 1. The van der Waals surface area contributed by atoms with Gasteiger partial charge in [0.25, 0.3) is 5.91 Å². The Morgan fingerprint density at radius 1 is 1.17 bits per heavy atom. The molecule has 154 valence electrons. The lowest BCUT2D eigenvalue weighted by Gasteiger charge is -2.11. The predicted molar refractivity (Wildman–Crippen MR) is 99.2 cm³/mol. The number of halogens is 3. The minimum Gasteiger partial charge on any atom is -0.497 e. The minimum atomic E-state index is -4.72. The van der Waals surface area contributed by atoms with Crippen molar-refractivity contribution < 1.29 is 27.2 Å². The Balaban J connectivity index is 1.78. The SMILES string of the molecule is COc1ccc(-c2cc(C(F)(F)F)n3nc(C(=O)Nc4cc(C)on4)cc3n2)cc1. The molecular weight excluding hydrogens is 403 g/mol. The Morgan fingerprint density at radius 3 is 2.50 bits per heavy atom. The summed E-state index contributed by atoms with van der Waals surface area (Å²) in [7, 11) is 1.49. The van der Waals surface area contributed by atoms with Crippen molar-refractivity contribution in [3.63, 3.8) is 0 Å². The summed E-state index contributed by atoms with van der Waals surface area (Å²) in [6.45, 7) is 1.63. The van der Waals surface area contributed by atoms with Crippen molar-refractivity contribution in [1.29, 1.82) is 0 Å². The first-order chi connectivity index (χ1) is 14.2. The highest BCUT2D eigenvalue weighted by Crippen LogP contribution is 2.32. The highest BCUT2D eigenvalue weighted by atomic mass is 19.4. The Bertz CT molecular complexity index is 1230. The maximum Gasteiger partial charge on any atom is 0.433 e. The number of carbonyl (C=O) groups is 1. The average molecular weight is 417 g/mol. The second-order valence-corrected chi connectivity index (χ2v) is 6.33. The van der Waals surface area contributed by atoms with Crippen LogP contribution in [0.25, 0.3) is 16.9 Å². The number of rotatable bonds is 4. The van der Waals surface area contributed by atoms with E-state index in [0.29, 0.717) is 21.6 Å². The van der Waals surface area contributed by atoms with E-state index in [-0.39, 0.29) is 22.9 Å². The summed E-state index contributed by atoms with van der Waals surface area (Å²) in [5.74, 6) is 0.401. The van der Waals surface area contributed by atoms with E-state index in [2.05, 4.69) is 20.6 Å². The molecule has 30 heavy (non-hydrogen) atoms. The zero-order chi connectivity index (χ0) is 21.5. The fourth-order valence-electron chi connectivity index (χ4n) is 2.80. The van der Waals surface area contributed by atoms with Crippen LogP contribution in [0.4, 0.5) is 19.0 Å². The molecule has 0 fully saturated rings. The lowest BCUT2D eigenvalue weighted by Crippen LogP contribution is -2.15. The molecule has 0 aliphatic heterocycles. The normalized spacial score (nSPS) is 11.6. The minimum absolute atomic E-state index is 0.0801. The van der Waals surface area contributed by atoms with Gasteiger partial charge in [0.1, 0.15) is 11.5 Å². The molecule has 0 atom stereocenters. The fraction of sp³-hybridized carbons (Fsp3) is 0.158. The molecule has 8 nitrogen and oxygen atoms in total. The molecule has 4 aromatic rings. The molecule has 0 aliphatic rings. The van der Waals surface area contributed by atoms with Gasteiger partial charge in [-0.1, -0.05) is 5.16 Å². The van der Waals surface area contributed by atoms with Crippen LogP contribution in [-0.2, 0) is 6.18 Å². The van der Waals surface area contributed by atoms with Gasteiger partial charge >= 0.3 is 6.18 Å². The molecule has 0 unspecified atom stereocenters. The lowest BCUT2D eigenvalue weighted by molar-refractivity contribution is -0.142. The Morgan fingerprint density at radius 2 is 1.90 bits per heavy atom. The van der Waals surface area contributed by atoms with Gasteiger partial charge < -0.3 is 14.6 Å². The topological polar surface area (TPSA) is 94.6 Å². The van der Waals surface area contributed by atoms with Crippen LogP contribution in [0.5, 0.6) is 5.75 Å². The van der Waals surface area contributed by atoms with Crippen LogP contribution >= 0.6 is 0 Å². The van der Waals surface area contributed by atoms with E-state index in [1.165, 1.54) is 19.2 Å². The maximum atomic E-state index is 13.7. The van der Waals surface area contributed by atoms with Crippen molar-refractivity contribution in [2.24, 2.45) is 0 Å². The second kappa shape index (κ2) is 7.17. The van der Waals surface area contributed by atoms with Crippen LogP contribution < -0.4 is 10.1 Å². The van der Waals surface area contributed by atoms with Gasteiger partial charge in [-0.3, -0.25) is 4.79 Å². The molecule has 4 rings (SSSR count). The summed E-state index contributed by atoms with van der Waals surface area (Å²) >= 11 is 0. The highest BCUT2D eigenvalue weighted by molar-refractivity contribution is 6.03. The van der Waals surface area contributed by atoms with Crippen LogP contribution in [0.3, 0.4) is 0 Å². The van der Waals surface area contributed by atoms with Gasteiger partial charge in [-0.2, -0.15) is 18.3 Å². The molecule has 1 amide bonds. The third-order valence-corrected chi connectivity index (χ3v) is 4.21. The number of carbonyl (C=O) groups excluding carboxylic acids is 1. The molecule has 3 aromatic heterocycles. The number of alkyl halides is 3. The van der Waals surface area contributed by atoms with E-state index < -0.39 is 17.8 Å². The standard InChI is InChI=1S/C19H14F3N5O3/c1-10-7-16(26-30-10)24-18(28)14-9-17-23-13(11-3-5-12(29-2)6-4-11)8-15(19(20,21)22)27(17)25-14/h3-9H,1-2H3,(H,24,26,28). The summed E-state index contributed by atoms with van der Waals surface area (Å²) in [5, 5.41) is 9.82. The van der Waals surface area contributed by atoms with Crippen LogP contribution in [0.15, 0.2) is 47.0 Å². The molecule has 0 bridgehead atoms. The lowest BCUT2D eigenvalue weighted by atomic mass is 10.1. The summed E-state index contributed by atoms with van der Waals surface area (Å²) < 4.78 is 51.5. The number of benzene rings is 1. The first-order valence-corrected chi connectivity index (χ1v) is 8.62. The van der Waals surface area contributed by atoms with Crippen molar-refractivity contribution in [3.8, 4) is 17.0 Å². The highest BCUT2D eigenvalue weighted by Gasteiger charge is 2.35. The molecule has 0 aliphatic carbocycles. The number of anilines is 1. The fourth-order valence-corrected chi connectivity index (χ4v) is 2.80. The van der Waals surface area contributed by atoms with Gasteiger partial charge in [0.2, 0.25) is 0 Å². The molecule has 11 heteroatoms. The van der Waals surface area contributed by atoms with Crippen LogP contribution in [0, 0.1) is 6.92 Å². The molecule has 0 saturated carbocycles. The van der Waals surface area contributed by atoms with E-state index in [1.54, 1.807) is 31.2 Å². The van der Waals surface area contributed by atoms with Crippen molar-refractivity contribution >= 4 is 17.4 Å². The number of nitrogens with one attached hydrogen (secondary N) is 1. The van der Waals surface area contributed by atoms with Crippen molar-refractivity contribution in [3.05, 3.63) is 59.6 Å². The van der Waals surface area contributed by atoms with Gasteiger partial charge in [-0.05, 0) is 37.3 Å². The Kier molecular flexibility index (Phi) is 4.65.